The molecule has 0 aliphatic heterocycles. The van der Waals surface area contributed by atoms with Crippen molar-refractivity contribution < 1.29 is 4.79 Å². The Morgan fingerprint density at radius 2 is 2.31 bits per heavy atom. The summed E-state index contributed by atoms with van der Waals surface area (Å²) in [6, 6.07) is 3.44. The molecule has 1 heterocycles. The molecule has 0 spiro atoms. The maximum atomic E-state index is 11.3. The van der Waals surface area contributed by atoms with Gasteiger partial charge in [0.25, 0.3) is 0 Å². The first-order valence-electron chi connectivity index (χ1n) is 4.93. The molecule has 0 bridgehead atoms. The molecule has 16 heavy (non-hydrogen) atoms. The Kier molecular flexibility index (Phi) is 5.40. The van der Waals surface area contributed by atoms with Gasteiger partial charge in [0.15, 0.2) is 0 Å². The minimum Gasteiger partial charge on any atom is -0.368 e. The number of hydrogen-bond donors (Lipinski definition) is 2. The molecule has 4 nitrogen and oxygen atoms in total. The minimum atomic E-state index is -0.392. The predicted octanol–water partition coefficient (Wildman–Crippen LogP) is 1.19. The third-order valence-corrected chi connectivity index (χ3v) is 3.76. The summed E-state index contributed by atoms with van der Waals surface area (Å²) in [4.78, 5) is 14.3. The van der Waals surface area contributed by atoms with E-state index in [1.807, 2.05) is 26.2 Å². The summed E-state index contributed by atoms with van der Waals surface area (Å²) >= 11 is 4.89. The molecule has 1 amide bonds. The van der Waals surface area contributed by atoms with Crippen LogP contribution in [0.5, 0.6) is 0 Å². The van der Waals surface area contributed by atoms with Gasteiger partial charge < -0.3 is 16.0 Å². The lowest BCUT2D eigenvalue weighted by atomic mass is 10.2. The van der Waals surface area contributed by atoms with Crippen LogP contribution >= 0.6 is 27.3 Å². The third kappa shape index (κ3) is 4.21. The average Bonchev–Trinajstić information content (AvgIpc) is 2.58. The molecular formula is C10H16BrN3OS. The number of thiophene rings is 1. The molecule has 1 atom stereocenters. The van der Waals surface area contributed by atoms with Crippen LogP contribution in [-0.4, -0.2) is 38.0 Å². The van der Waals surface area contributed by atoms with Crippen molar-refractivity contribution >= 4 is 33.2 Å². The van der Waals surface area contributed by atoms with Crippen LogP contribution in [0.3, 0.4) is 0 Å². The van der Waals surface area contributed by atoms with Crippen molar-refractivity contribution in [2.75, 3.05) is 27.2 Å². The molecule has 0 saturated heterocycles. The van der Waals surface area contributed by atoms with E-state index >= 15 is 0 Å². The molecule has 1 aromatic heterocycles. The van der Waals surface area contributed by atoms with Gasteiger partial charge in [-0.15, -0.1) is 11.3 Å². The highest BCUT2D eigenvalue weighted by Gasteiger charge is 2.18. The lowest BCUT2D eigenvalue weighted by molar-refractivity contribution is -0.120. The number of carbonyl (C=O) groups excluding carboxylic acids is 1. The molecule has 0 aliphatic rings. The Balaban J connectivity index is 2.58. The van der Waals surface area contributed by atoms with Crippen molar-refractivity contribution in [1.29, 1.82) is 0 Å². The smallest absolute Gasteiger partial charge is 0.239 e. The number of primary amides is 1. The highest BCUT2D eigenvalue weighted by Crippen LogP contribution is 2.27. The van der Waals surface area contributed by atoms with Gasteiger partial charge >= 0.3 is 0 Å². The summed E-state index contributed by atoms with van der Waals surface area (Å²) in [5.41, 5.74) is 5.37. The number of likely N-dealkylation sites (N-methyl/N-ethyl adjacent to an activating group) is 1. The lowest BCUT2D eigenvalue weighted by Gasteiger charge is -2.16. The molecule has 6 heteroatoms. The fourth-order valence-corrected chi connectivity index (χ4v) is 2.76. The topological polar surface area (TPSA) is 58.4 Å². The molecular weight excluding hydrogens is 290 g/mol. The van der Waals surface area contributed by atoms with Crippen LogP contribution in [0.1, 0.15) is 10.9 Å². The quantitative estimate of drug-likeness (QED) is 0.830. The molecule has 90 valence electrons. The van der Waals surface area contributed by atoms with Crippen molar-refractivity contribution in [3.63, 3.8) is 0 Å². The van der Waals surface area contributed by atoms with Crippen LogP contribution in [0.2, 0.25) is 0 Å². The van der Waals surface area contributed by atoms with E-state index in [9.17, 15) is 4.79 Å². The molecule has 0 radical (unpaired) electrons. The SMILES string of the molecule is CN(C)CCNC(C(N)=O)c1ccc(Br)s1. The van der Waals surface area contributed by atoms with E-state index in [0.717, 1.165) is 21.8 Å². The Hall–Kier alpha value is -0.430. The molecule has 0 saturated carbocycles. The summed E-state index contributed by atoms with van der Waals surface area (Å²) in [5, 5.41) is 3.15. The highest BCUT2D eigenvalue weighted by molar-refractivity contribution is 9.11. The number of hydrogen-bond acceptors (Lipinski definition) is 4. The predicted molar refractivity (Wildman–Crippen MR) is 70.5 cm³/mol. The summed E-state index contributed by atoms with van der Waals surface area (Å²) in [5.74, 6) is -0.340. The van der Waals surface area contributed by atoms with Gasteiger partial charge in [0.2, 0.25) is 5.91 Å². The summed E-state index contributed by atoms with van der Waals surface area (Å²) in [7, 11) is 3.98. The van der Waals surface area contributed by atoms with Crippen molar-refractivity contribution in [2.24, 2.45) is 5.73 Å². The van der Waals surface area contributed by atoms with Crippen LogP contribution in [-0.2, 0) is 4.79 Å². The first-order valence-corrected chi connectivity index (χ1v) is 6.54. The fourth-order valence-electron chi connectivity index (χ4n) is 1.26. The van der Waals surface area contributed by atoms with Gasteiger partial charge in [-0.2, -0.15) is 0 Å². The number of carbonyl (C=O) groups is 1. The zero-order chi connectivity index (χ0) is 12.1. The van der Waals surface area contributed by atoms with E-state index in [1.165, 1.54) is 11.3 Å². The number of amides is 1. The van der Waals surface area contributed by atoms with E-state index in [-0.39, 0.29) is 5.91 Å². The van der Waals surface area contributed by atoms with E-state index in [2.05, 4.69) is 26.1 Å². The van der Waals surface area contributed by atoms with E-state index < -0.39 is 6.04 Å². The van der Waals surface area contributed by atoms with Crippen molar-refractivity contribution in [3.8, 4) is 0 Å². The lowest BCUT2D eigenvalue weighted by Crippen LogP contribution is -2.36. The summed E-state index contributed by atoms with van der Waals surface area (Å²) in [6.45, 7) is 1.60. The zero-order valence-corrected chi connectivity index (χ0v) is 11.8. The van der Waals surface area contributed by atoms with E-state index in [0.29, 0.717) is 0 Å². The fraction of sp³-hybridized carbons (Fsp3) is 0.500. The van der Waals surface area contributed by atoms with Crippen LogP contribution in [0.25, 0.3) is 0 Å². The van der Waals surface area contributed by atoms with Gasteiger partial charge in [0.1, 0.15) is 6.04 Å². The second kappa shape index (κ2) is 6.34. The third-order valence-electron chi connectivity index (χ3n) is 2.07. The monoisotopic (exact) mass is 305 g/mol. The van der Waals surface area contributed by atoms with Crippen LogP contribution in [0.15, 0.2) is 15.9 Å². The number of halogens is 1. The summed E-state index contributed by atoms with van der Waals surface area (Å²) < 4.78 is 1.00. The first-order chi connectivity index (χ1) is 7.50. The van der Waals surface area contributed by atoms with Gasteiger partial charge in [0.05, 0.1) is 3.79 Å². The highest BCUT2D eigenvalue weighted by atomic mass is 79.9. The zero-order valence-electron chi connectivity index (χ0n) is 9.37. The summed E-state index contributed by atoms with van der Waals surface area (Å²) in [6.07, 6.45) is 0. The van der Waals surface area contributed by atoms with Gasteiger partial charge in [-0.1, -0.05) is 0 Å². The van der Waals surface area contributed by atoms with Gasteiger partial charge in [-0.3, -0.25) is 4.79 Å². The molecule has 0 aromatic carbocycles. The number of nitrogens with zero attached hydrogens (tertiary/aromatic N) is 1. The van der Waals surface area contributed by atoms with Crippen LogP contribution in [0.4, 0.5) is 0 Å². The minimum absolute atomic E-state index is 0.340. The molecule has 0 fully saturated rings. The second-order valence-corrected chi connectivity index (χ2v) is 6.23. The second-order valence-electron chi connectivity index (χ2n) is 3.73. The number of nitrogens with one attached hydrogen (secondary N) is 1. The molecule has 3 N–H and O–H groups in total. The molecule has 0 aliphatic carbocycles. The molecule has 1 aromatic rings. The molecule has 1 unspecified atom stereocenters. The van der Waals surface area contributed by atoms with E-state index in [1.54, 1.807) is 0 Å². The Morgan fingerprint density at radius 1 is 1.62 bits per heavy atom. The van der Waals surface area contributed by atoms with Crippen LogP contribution in [0, 0.1) is 0 Å². The van der Waals surface area contributed by atoms with Crippen molar-refractivity contribution in [1.82, 2.24) is 10.2 Å². The Bertz CT molecular complexity index is 354. The van der Waals surface area contributed by atoms with E-state index in [4.69, 9.17) is 5.73 Å². The number of rotatable bonds is 6. The molecule has 1 rings (SSSR count). The van der Waals surface area contributed by atoms with Gasteiger partial charge in [-0.05, 0) is 42.2 Å². The standard InChI is InChI=1S/C10H16BrN3OS/c1-14(2)6-5-13-9(10(12)15)7-3-4-8(11)16-7/h3-4,9,13H,5-6H2,1-2H3,(H2,12,15). The maximum Gasteiger partial charge on any atom is 0.239 e. The average molecular weight is 306 g/mol. The van der Waals surface area contributed by atoms with Crippen LogP contribution < -0.4 is 11.1 Å². The maximum absolute atomic E-state index is 11.3. The Morgan fingerprint density at radius 3 is 2.75 bits per heavy atom. The van der Waals surface area contributed by atoms with Crippen molar-refractivity contribution in [3.05, 3.63) is 20.8 Å². The number of nitrogens with two attached hydrogens (primary N) is 1. The van der Waals surface area contributed by atoms with Crippen molar-refractivity contribution in [2.45, 2.75) is 6.04 Å². The van der Waals surface area contributed by atoms with Gasteiger partial charge in [0, 0.05) is 18.0 Å². The Labute approximate surface area is 108 Å². The first kappa shape index (κ1) is 13.6. The largest absolute Gasteiger partial charge is 0.368 e. The van der Waals surface area contributed by atoms with Gasteiger partial charge in [-0.25, -0.2) is 0 Å². The normalized spacial score (nSPS) is 13.0.